The van der Waals surface area contributed by atoms with Crippen LogP contribution in [0.15, 0.2) is 0 Å². The van der Waals surface area contributed by atoms with E-state index in [9.17, 15) is 48.3 Å². The van der Waals surface area contributed by atoms with Crippen molar-refractivity contribution in [2.45, 2.75) is 62.5 Å². The summed E-state index contributed by atoms with van der Waals surface area (Å²) in [5.41, 5.74) is 0. The van der Waals surface area contributed by atoms with Gasteiger partial charge in [0.25, 0.3) is 5.92 Å². The highest BCUT2D eigenvalue weighted by Gasteiger charge is 2.74. The van der Waals surface area contributed by atoms with Crippen LogP contribution in [0.2, 0.25) is 0 Å². The van der Waals surface area contributed by atoms with Crippen LogP contribution in [0.1, 0.15) is 32.6 Å². The van der Waals surface area contributed by atoms with Crippen LogP contribution in [0, 0.1) is 5.92 Å². The summed E-state index contributed by atoms with van der Waals surface area (Å²) in [7, 11) is 0. The van der Waals surface area contributed by atoms with E-state index in [1.54, 1.807) is 0 Å². The maximum absolute atomic E-state index is 13.9. The SMILES string of the molecule is CC(CN1CCOCC1)CC(F)(F)CCC(F)(F)CC(F)(F)C(F)(F)C(F)(F)F. The van der Waals surface area contributed by atoms with Crippen molar-refractivity contribution in [3.05, 3.63) is 0 Å². The average Bonchev–Trinajstić information content (AvgIpc) is 2.51. The Kier molecular flexibility index (Phi) is 8.22. The molecule has 0 aromatic heterocycles. The van der Waals surface area contributed by atoms with Crippen LogP contribution in [0.25, 0.3) is 0 Å². The second-order valence-electron chi connectivity index (χ2n) is 7.39. The van der Waals surface area contributed by atoms with Gasteiger partial charge < -0.3 is 4.74 Å². The summed E-state index contributed by atoms with van der Waals surface area (Å²) in [5, 5.41) is 0. The van der Waals surface area contributed by atoms with E-state index in [1.807, 2.05) is 4.90 Å². The molecule has 0 N–H and O–H groups in total. The van der Waals surface area contributed by atoms with E-state index in [1.165, 1.54) is 6.92 Å². The molecule has 0 amide bonds. The Balaban J connectivity index is 2.61. The fourth-order valence-electron chi connectivity index (χ4n) is 3.00. The molecule has 13 heteroatoms. The van der Waals surface area contributed by atoms with Crippen LogP contribution >= 0.6 is 0 Å². The Morgan fingerprint density at radius 3 is 1.76 bits per heavy atom. The molecular weight excluding hydrogens is 431 g/mol. The monoisotopic (exact) mass is 453 g/mol. The van der Waals surface area contributed by atoms with Crippen LogP contribution in [0.3, 0.4) is 0 Å². The van der Waals surface area contributed by atoms with E-state index in [4.69, 9.17) is 4.74 Å². The summed E-state index contributed by atoms with van der Waals surface area (Å²) in [6.45, 7) is 3.45. The van der Waals surface area contributed by atoms with E-state index >= 15 is 0 Å². The van der Waals surface area contributed by atoms with Crippen LogP contribution in [-0.2, 0) is 4.74 Å². The highest BCUT2D eigenvalue weighted by Crippen LogP contribution is 2.51. The molecule has 174 valence electrons. The fraction of sp³-hybridized carbons (Fsp3) is 1.00. The van der Waals surface area contributed by atoms with Crippen molar-refractivity contribution in [3.63, 3.8) is 0 Å². The van der Waals surface area contributed by atoms with Gasteiger partial charge in [0.1, 0.15) is 0 Å². The summed E-state index contributed by atoms with van der Waals surface area (Å²) in [5.74, 6) is -22.1. The van der Waals surface area contributed by atoms with E-state index in [-0.39, 0.29) is 6.54 Å². The lowest BCUT2D eigenvalue weighted by atomic mass is 9.94. The number of alkyl halides is 11. The van der Waals surface area contributed by atoms with Gasteiger partial charge in [-0.15, -0.1) is 0 Å². The van der Waals surface area contributed by atoms with Crippen molar-refractivity contribution in [2.75, 3.05) is 32.8 Å². The highest BCUT2D eigenvalue weighted by molar-refractivity contribution is 4.94. The number of nitrogens with zero attached hydrogens (tertiary/aromatic N) is 1. The van der Waals surface area contributed by atoms with E-state index in [2.05, 4.69) is 0 Å². The second-order valence-corrected chi connectivity index (χ2v) is 7.39. The zero-order valence-electron chi connectivity index (χ0n) is 15.5. The molecular formula is C16H22F11NO. The Bertz CT molecular complexity index is 515. The highest BCUT2D eigenvalue weighted by atomic mass is 19.4. The third-order valence-electron chi connectivity index (χ3n) is 4.47. The molecule has 0 saturated carbocycles. The minimum Gasteiger partial charge on any atom is -0.379 e. The van der Waals surface area contributed by atoms with Crippen molar-refractivity contribution < 1.29 is 53.0 Å². The quantitative estimate of drug-likeness (QED) is 0.399. The predicted octanol–water partition coefficient (Wildman–Crippen LogP) is 5.62. The number of ether oxygens (including phenoxy) is 1. The first-order chi connectivity index (χ1) is 12.9. The minimum absolute atomic E-state index is 0.214. The molecule has 1 heterocycles. The van der Waals surface area contributed by atoms with Crippen LogP contribution in [0.5, 0.6) is 0 Å². The standard InChI is InChI=1S/C16H22F11NO/c1-11(9-28-4-6-29-7-5-28)8-12(17,18)2-3-13(19,20)10-14(21,22)15(23,24)16(25,26)27/h11H,2-10H2,1H3. The minimum atomic E-state index is -6.76. The first-order valence-electron chi connectivity index (χ1n) is 8.77. The summed E-state index contributed by atoms with van der Waals surface area (Å²) < 4.78 is 148. The lowest BCUT2D eigenvalue weighted by Gasteiger charge is -2.32. The summed E-state index contributed by atoms with van der Waals surface area (Å²) >= 11 is 0. The van der Waals surface area contributed by atoms with Gasteiger partial charge in [0, 0.05) is 38.9 Å². The van der Waals surface area contributed by atoms with Crippen molar-refractivity contribution in [3.8, 4) is 0 Å². The molecule has 0 spiro atoms. The van der Waals surface area contributed by atoms with E-state index < -0.39 is 61.5 Å². The van der Waals surface area contributed by atoms with Gasteiger partial charge >= 0.3 is 18.0 Å². The van der Waals surface area contributed by atoms with Gasteiger partial charge in [-0.25, -0.2) is 17.6 Å². The van der Waals surface area contributed by atoms with Crippen LogP contribution < -0.4 is 0 Å². The van der Waals surface area contributed by atoms with Gasteiger partial charge in [-0.1, -0.05) is 6.92 Å². The molecule has 1 saturated heterocycles. The number of rotatable bonds is 10. The largest absolute Gasteiger partial charge is 0.459 e. The molecule has 0 aromatic rings. The van der Waals surface area contributed by atoms with Gasteiger partial charge in [-0.3, -0.25) is 4.90 Å². The van der Waals surface area contributed by atoms with Gasteiger partial charge in [-0.05, 0) is 5.92 Å². The molecule has 0 aliphatic carbocycles. The Morgan fingerprint density at radius 2 is 1.28 bits per heavy atom. The number of hydrogen-bond acceptors (Lipinski definition) is 2. The normalized spacial score (nSPS) is 19.4. The zero-order chi connectivity index (χ0) is 22.7. The summed E-state index contributed by atoms with van der Waals surface area (Å²) in [6, 6.07) is 0. The fourth-order valence-corrected chi connectivity index (χ4v) is 3.00. The van der Waals surface area contributed by atoms with Crippen molar-refractivity contribution in [1.82, 2.24) is 4.90 Å². The molecule has 1 aliphatic rings. The maximum atomic E-state index is 13.9. The van der Waals surface area contributed by atoms with Crippen molar-refractivity contribution in [2.24, 2.45) is 5.92 Å². The number of morpholine rings is 1. The van der Waals surface area contributed by atoms with Gasteiger partial charge in [0.15, 0.2) is 0 Å². The Hall–Kier alpha value is -0.850. The first kappa shape index (κ1) is 26.2. The molecule has 2 nitrogen and oxygen atoms in total. The lowest BCUT2D eigenvalue weighted by Crippen LogP contribution is -2.54. The summed E-state index contributed by atoms with van der Waals surface area (Å²) in [6.07, 6.45) is -14.4. The average molecular weight is 453 g/mol. The van der Waals surface area contributed by atoms with Crippen LogP contribution in [-0.4, -0.2) is 67.6 Å². The molecule has 1 unspecified atom stereocenters. The topological polar surface area (TPSA) is 12.5 Å². The predicted molar refractivity (Wildman–Crippen MR) is 80.7 cm³/mol. The summed E-state index contributed by atoms with van der Waals surface area (Å²) in [4.78, 5) is 1.82. The van der Waals surface area contributed by atoms with Gasteiger partial charge in [0.05, 0.1) is 19.6 Å². The molecule has 0 bridgehead atoms. The number of hydrogen-bond donors (Lipinski definition) is 0. The molecule has 0 radical (unpaired) electrons. The Labute approximate surface area is 160 Å². The first-order valence-corrected chi connectivity index (χ1v) is 8.77. The molecule has 1 rings (SSSR count). The van der Waals surface area contributed by atoms with Crippen molar-refractivity contribution in [1.29, 1.82) is 0 Å². The van der Waals surface area contributed by atoms with Crippen molar-refractivity contribution >= 4 is 0 Å². The third kappa shape index (κ3) is 7.72. The molecule has 1 fully saturated rings. The smallest absolute Gasteiger partial charge is 0.379 e. The van der Waals surface area contributed by atoms with E-state index in [0.29, 0.717) is 26.3 Å². The third-order valence-corrected chi connectivity index (χ3v) is 4.47. The number of halogens is 11. The maximum Gasteiger partial charge on any atom is 0.459 e. The molecule has 1 aliphatic heterocycles. The van der Waals surface area contributed by atoms with E-state index in [0.717, 1.165) is 0 Å². The second kappa shape index (κ2) is 9.11. The van der Waals surface area contributed by atoms with Gasteiger partial charge in [-0.2, -0.15) is 30.7 Å². The zero-order valence-corrected chi connectivity index (χ0v) is 15.5. The van der Waals surface area contributed by atoms with Crippen LogP contribution in [0.4, 0.5) is 48.3 Å². The van der Waals surface area contributed by atoms with Gasteiger partial charge in [0.2, 0.25) is 5.92 Å². The molecule has 0 aromatic carbocycles. The molecule has 29 heavy (non-hydrogen) atoms. The molecule has 1 atom stereocenters. The lowest BCUT2D eigenvalue weighted by molar-refractivity contribution is -0.363. The Morgan fingerprint density at radius 1 is 0.793 bits per heavy atom.